The van der Waals surface area contributed by atoms with E-state index in [1.165, 1.54) is 17.0 Å². The Morgan fingerprint density at radius 1 is 1.47 bits per heavy atom. The molecule has 0 atom stereocenters. The van der Waals surface area contributed by atoms with E-state index in [0.717, 1.165) is 0 Å². The third-order valence-corrected chi connectivity index (χ3v) is 1.30. The Hall–Kier alpha value is -1.45. The van der Waals surface area contributed by atoms with Crippen LogP contribution in [-0.4, -0.2) is 17.7 Å². The number of rotatable bonds is 3. The van der Waals surface area contributed by atoms with Crippen molar-refractivity contribution in [2.45, 2.75) is 6.92 Å². The summed E-state index contributed by atoms with van der Waals surface area (Å²) in [7, 11) is -4.94. The van der Waals surface area contributed by atoms with Gasteiger partial charge in [0.05, 0.1) is 0 Å². The third kappa shape index (κ3) is 9.48. The number of hydrogen-bond donors (Lipinski definition) is 1. The van der Waals surface area contributed by atoms with E-state index < -0.39 is 16.2 Å². The standard InChI is InChI=1S/C8H9NO3.ClHO4/c1-2-12-9-5-3-4-7(6-9)8(10)11;2-1(3,4)5/h3-6H,2H2,1H3;(H,2,3,4,5). The SMILES string of the molecule is CCO[n+]1cccc(C(=O)O)c1.[O-][Cl+3]([O-])([O-])[O-]. The van der Waals surface area contributed by atoms with Gasteiger partial charge in [-0.2, -0.15) is 0 Å². The summed E-state index contributed by atoms with van der Waals surface area (Å²) in [5, 5.41) is 8.61. The van der Waals surface area contributed by atoms with Gasteiger partial charge in [0.25, 0.3) is 0 Å². The van der Waals surface area contributed by atoms with Gasteiger partial charge in [-0.3, -0.25) is 4.84 Å². The highest BCUT2D eigenvalue weighted by Crippen LogP contribution is 1.92. The molecule has 0 aliphatic rings. The molecule has 0 spiro atoms. The summed E-state index contributed by atoms with van der Waals surface area (Å²) in [6.45, 7) is 2.34. The van der Waals surface area contributed by atoms with Crippen molar-refractivity contribution in [3.05, 3.63) is 30.1 Å². The molecule has 1 rings (SSSR count). The van der Waals surface area contributed by atoms with Gasteiger partial charge in [0.1, 0.15) is 5.56 Å². The van der Waals surface area contributed by atoms with Crippen LogP contribution < -0.4 is 28.2 Å². The van der Waals surface area contributed by atoms with Gasteiger partial charge in [-0.1, -0.05) is 0 Å². The van der Waals surface area contributed by atoms with E-state index in [9.17, 15) is 4.79 Å². The molecule has 0 aliphatic carbocycles. The first-order chi connectivity index (χ1) is 7.74. The molecule has 0 radical (unpaired) electrons. The van der Waals surface area contributed by atoms with Gasteiger partial charge in [0.15, 0.2) is 6.61 Å². The largest absolute Gasteiger partial charge is 0.477 e. The average Bonchev–Trinajstić information content (AvgIpc) is 2.16. The van der Waals surface area contributed by atoms with E-state index in [1.807, 2.05) is 6.92 Å². The van der Waals surface area contributed by atoms with Gasteiger partial charge in [-0.15, -0.1) is 10.2 Å². The van der Waals surface area contributed by atoms with Crippen LogP contribution in [0.25, 0.3) is 0 Å². The molecule has 0 fully saturated rings. The predicted octanol–water partition coefficient (Wildman–Crippen LogP) is -4.64. The van der Waals surface area contributed by atoms with Crippen LogP contribution in [0.5, 0.6) is 0 Å². The predicted molar refractivity (Wildman–Crippen MR) is 40.7 cm³/mol. The lowest BCUT2D eigenvalue weighted by atomic mass is 10.3. The summed E-state index contributed by atoms with van der Waals surface area (Å²) < 4.78 is 35.4. The molecular formula is C8H10ClNO7. The number of aromatic nitrogens is 1. The number of carbonyl (C=O) groups is 1. The molecule has 0 saturated heterocycles. The zero-order chi connectivity index (χ0) is 13.5. The first-order valence-electron chi connectivity index (χ1n) is 4.23. The average molecular weight is 268 g/mol. The molecule has 1 N–H and O–H groups in total. The van der Waals surface area contributed by atoms with Crippen LogP contribution in [0.2, 0.25) is 0 Å². The molecule has 0 saturated carbocycles. The maximum Gasteiger partial charge on any atom is 0.341 e. The molecule has 17 heavy (non-hydrogen) atoms. The van der Waals surface area contributed by atoms with Gasteiger partial charge in [0, 0.05) is 10.8 Å². The van der Waals surface area contributed by atoms with Gasteiger partial charge < -0.3 is 5.11 Å². The fraction of sp³-hybridized carbons (Fsp3) is 0.250. The number of halogens is 1. The zero-order valence-electron chi connectivity index (χ0n) is 8.74. The van der Waals surface area contributed by atoms with Gasteiger partial charge in [0.2, 0.25) is 12.4 Å². The minimum absolute atomic E-state index is 0.214. The van der Waals surface area contributed by atoms with Crippen molar-refractivity contribution < 1.29 is 48.3 Å². The lowest BCUT2D eigenvalue weighted by Gasteiger charge is -2.17. The molecular weight excluding hydrogens is 258 g/mol. The minimum Gasteiger partial charge on any atom is -0.477 e. The summed E-state index contributed by atoms with van der Waals surface area (Å²) in [4.78, 5) is 15.5. The molecule has 0 amide bonds. The number of hydrogen-bond acceptors (Lipinski definition) is 6. The summed E-state index contributed by atoms with van der Waals surface area (Å²) in [5.74, 6) is -0.955. The van der Waals surface area contributed by atoms with Crippen molar-refractivity contribution in [2.75, 3.05) is 6.61 Å². The normalized spacial score (nSPS) is 10.2. The van der Waals surface area contributed by atoms with Crippen LogP contribution in [0, 0.1) is 10.2 Å². The smallest absolute Gasteiger partial charge is 0.341 e. The van der Waals surface area contributed by atoms with E-state index in [2.05, 4.69) is 0 Å². The van der Waals surface area contributed by atoms with Gasteiger partial charge in [-0.25, -0.2) is 23.4 Å². The molecule has 9 heteroatoms. The van der Waals surface area contributed by atoms with Crippen LogP contribution in [0.4, 0.5) is 0 Å². The maximum absolute atomic E-state index is 10.5. The molecule has 0 bridgehead atoms. The lowest BCUT2D eigenvalue weighted by Crippen LogP contribution is -2.68. The molecule has 96 valence electrons. The van der Waals surface area contributed by atoms with Crippen LogP contribution in [0.15, 0.2) is 24.5 Å². The number of carboxylic acid groups (broad SMARTS) is 1. The molecule has 0 aliphatic heterocycles. The number of pyridine rings is 1. The topological polar surface area (TPSA) is 143 Å². The summed E-state index contributed by atoms with van der Waals surface area (Å²) in [6.07, 6.45) is 3.07. The second-order valence-corrected chi connectivity index (χ2v) is 3.31. The quantitative estimate of drug-likeness (QED) is 0.542. The maximum atomic E-state index is 10.5. The Balaban J connectivity index is 0.000000437. The van der Waals surface area contributed by atoms with Gasteiger partial charge >= 0.3 is 5.97 Å². The Morgan fingerprint density at radius 3 is 2.41 bits per heavy atom. The summed E-state index contributed by atoms with van der Waals surface area (Å²) >= 11 is 0. The molecule has 8 nitrogen and oxygen atoms in total. The lowest BCUT2D eigenvalue weighted by molar-refractivity contribution is -2.00. The molecule has 0 aromatic carbocycles. The Bertz CT molecular complexity index is 359. The number of carboxylic acids is 1. The highest BCUT2D eigenvalue weighted by molar-refractivity contribution is 5.86. The Labute approximate surface area is 98.6 Å². The van der Waals surface area contributed by atoms with Crippen molar-refractivity contribution in [2.24, 2.45) is 0 Å². The van der Waals surface area contributed by atoms with Crippen molar-refractivity contribution in [3.63, 3.8) is 0 Å². The first kappa shape index (κ1) is 15.6. The van der Waals surface area contributed by atoms with Crippen LogP contribution in [0.1, 0.15) is 17.3 Å². The second-order valence-electron chi connectivity index (χ2n) is 2.55. The van der Waals surface area contributed by atoms with Crippen LogP contribution >= 0.6 is 0 Å². The van der Waals surface area contributed by atoms with Crippen LogP contribution in [-0.2, 0) is 0 Å². The van der Waals surface area contributed by atoms with E-state index in [0.29, 0.717) is 6.61 Å². The van der Waals surface area contributed by atoms with Crippen molar-refractivity contribution in [1.29, 1.82) is 0 Å². The number of aromatic carboxylic acids is 1. The molecule has 0 unspecified atom stereocenters. The first-order valence-corrected chi connectivity index (χ1v) is 5.47. The second kappa shape index (κ2) is 6.99. The highest BCUT2D eigenvalue weighted by Gasteiger charge is 2.08. The molecule has 1 heterocycles. The van der Waals surface area contributed by atoms with Gasteiger partial charge in [-0.05, 0) is 13.0 Å². The van der Waals surface area contributed by atoms with Crippen molar-refractivity contribution >= 4 is 5.97 Å². The van der Waals surface area contributed by atoms with E-state index in [-0.39, 0.29) is 5.56 Å². The highest BCUT2D eigenvalue weighted by atomic mass is 35.7. The fourth-order valence-electron chi connectivity index (χ4n) is 0.811. The Kier molecular flexibility index (Phi) is 6.39. The van der Waals surface area contributed by atoms with E-state index in [4.69, 9.17) is 28.6 Å². The summed E-state index contributed by atoms with van der Waals surface area (Å²) in [5.41, 5.74) is 0.214. The molecule has 1 aromatic rings. The third-order valence-electron chi connectivity index (χ3n) is 1.30. The van der Waals surface area contributed by atoms with Crippen molar-refractivity contribution in [1.82, 2.24) is 0 Å². The van der Waals surface area contributed by atoms with E-state index >= 15 is 0 Å². The summed E-state index contributed by atoms with van der Waals surface area (Å²) in [6, 6.07) is 3.14. The minimum atomic E-state index is -4.94. The number of nitrogens with zero attached hydrogens (tertiary/aromatic N) is 1. The molecule has 1 aromatic heterocycles. The fourth-order valence-corrected chi connectivity index (χ4v) is 0.811. The zero-order valence-corrected chi connectivity index (χ0v) is 9.49. The monoisotopic (exact) mass is 267 g/mol. The van der Waals surface area contributed by atoms with Crippen molar-refractivity contribution in [3.8, 4) is 0 Å². The van der Waals surface area contributed by atoms with Crippen LogP contribution in [0.3, 0.4) is 0 Å². The Morgan fingerprint density at radius 2 is 2.00 bits per heavy atom. The van der Waals surface area contributed by atoms with E-state index in [1.54, 1.807) is 12.3 Å².